The van der Waals surface area contributed by atoms with Crippen LogP contribution in [0.3, 0.4) is 0 Å². The minimum Gasteiger partial charge on any atom is -0.490 e. The van der Waals surface area contributed by atoms with Crippen molar-refractivity contribution >= 4 is 51.6 Å². The summed E-state index contributed by atoms with van der Waals surface area (Å²) in [5.41, 5.74) is 1.85. The van der Waals surface area contributed by atoms with Crippen LogP contribution in [0.1, 0.15) is 18.1 Å². The molecule has 0 aromatic heterocycles. The number of ether oxygens (including phenoxy) is 2. The first-order chi connectivity index (χ1) is 13.0. The fourth-order valence-corrected chi connectivity index (χ4v) is 4.11. The maximum Gasteiger partial charge on any atom is 0.293 e. The van der Waals surface area contributed by atoms with Crippen LogP contribution in [0.2, 0.25) is 0 Å². The molecule has 0 N–H and O–H groups in total. The molecule has 3 rings (SSSR count). The third-order valence-electron chi connectivity index (χ3n) is 3.84. The van der Waals surface area contributed by atoms with Gasteiger partial charge in [-0.1, -0.05) is 30.3 Å². The molecule has 27 heavy (non-hydrogen) atoms. The van der Waals surface area contributed by atoms with Crippen LogP contribution in [-0.2, 0) is 11.4 Å². The number of amides is 2. The molecule has 0 spiro atoms. The average molecular weight is 495 g/mol. The lowest BCUT2D eigenvalue weighted by Crippen LogP contribution is -2.22. The molecule has 0 saturated carbocycles. The van der Waals surface area contributed by atoms with Crippen LogP contribution < -0.4 is 9.47 Å². The van der Waals surface area contributed by atoms with E-state index >= 15 is 0 Å². The average Bonchev–Trinajstić information content (AvgIpc) is 2.89. The summed E-state index contributed by atoms with van der Waals surface area (Å²) < 4.78 is 12.6. The van der Waals surface area contributed by atoms with Gasteiger partial charge in [0.1, 0.15) is 6.61 Å². The first-order valence-electron chi connectivity index (χ1n) is 8.34. The number of carbonyl (C=O) groups is 2. The number of imide groups is 1. The van der Waals surface area contributed by atoms with Gasteiger partial charge in [0.2, 0.25) is 0 Å². The van der Waals surface area contributed by atoms with Gasteiger partial charge in [0.05, 0.1) is 15.1 Å². The van der Waals surface area contributed by atoms with Gasteiger partial charge in [0.25, 0.3) is 11.1 Å². The smallest absolute Gasteiger partial charge is 0.293 e. The van der Waals surface area contributed by atoms with Crippen molar-refractivity contribution in [3.63, 3.8) is 0 Å². The molecule has 1 fully saturated rings. The lowest BCUT2D eigenvalue weighted by molar-refractivity contribution is -0.121. The van der Waals surface area contributed by atoms with Gasteiger partial charge in [-0.05, 0) is 70.6 Å². The first-order valence-corrected chi connectivity index (χ1v) is 10.2. The van der Waals surface area contributed by atoms with Crippen molar-refractivity contribution in [3.8, 4) is 11.5 Å². The van der Waals surface area contributed by atoms with Crippen LogP contribution in [-0.4, -0.2) is 29.7 Å². The molecular weight excluding hydrogens is 477 g/mol. The van der Waals surface area contributed by atoms with E-state index in [1.54, 1.807) is 6.08 Å². The third kappa shape index (κ3) is 4.65. The molecule has 2 aromatic rings. The van der Waals surface area contributed by atoms with E-state index in [4.69, 9.17) is 9.47 Å². The second-order valence-electron chi connectivity index (χ2n) is 5.78. The highest BCUT2D eigenvalue weighted by atomic mass is 127. The van der Waals surface area contributed by atoms with Gasteiger partial charge >= 0.3 is 0 Å². The maximum absolute atomic E-state index is 12.1. The number of carbonyl (C=O) groups excluding carboxylic acids is 2. The van der Waals surface area contributed by atoms with E-state index in [-0.39, 0.29) is 11.1 Å². The summed E-state index contributed by atoms with van der Waals surface area (Å²) in [5.74, 6) is 0.992. The molecule has 1 aliphatic rings. The number of thioether (sulfide) groups is 1. The highest BCUT2D eigenvalue weighted by Gasteiger charge is 2.31. The van der Waals surface area contributed by atoms with Crippen molar-refractivity contribution in [2.75, 3.05) is 13.7 Å². The molecular formula is C20H18INO4S. The predicted molar refractivity (Wildman–Crippen MR) is 115 cm³/mol. The van der Waals surface area contributed by atoms with E-state index in [1.165, 1.54) is 7.05 Å². The summed E-state index contributed by atoms with van der Waals surface area (Å²) in [5, 5.41) is -0.270. The Morgan fingerprint density at radius 3 is 2.52 bits per heavy atom. The Morgan fingerprint density at radius 2 is 1.89 bits per heavy atom. The highest BCUT2D eigenvalue weighted by molar-refractivity contribution is 14.1. The minimum absolute atomic E-state index is 0.270. The fraction of sp³-hybridized carbons (Fsp3) is 0.200. The summed E-state index contributed by atoms with van der Waals surface area (Å²) >= 11 is 3.13. The topological polar surface area (TPSA) is 55.8 Å². The lowest BCUT2D eigenvalue weighted by atomic mass is 10.1. The monoisotopic (exact) mass is 495 g/mol. The second kappa shape index (κ2) is 8.79. The van der Waals surface area contributed by atoms with Crippen LogP contribution in [0.15, 0.2) is 47.4 Å². The van der Waals surface area contributed by atoms with Crippen molar-refractivity contribution in [2.45, 2.75) is 13.5 Å². The highest BCUT2D eigenvalue weighted by Crippen LogP contribution is 2.37. The van der Waals surface area contributed by atoms with Crippen molar-refractivity contribution < 1.29 is 19.1 Å². The van der Waals surface area contributed by atoms with Gasteiger partial charge in [-0.2, -0.15) is 0 Å². The largest absolute Gasteiger partial charge is 0.490 e. The molecule has 2 aromatic carbocycles. The van der Waals surface area contributed by atoms with Gasteiger partial charge in [-0.15, -0.1) is 0 Å². The number of benzene rings is 2. The minimum atomic E-state index is -0.289. The van der Waals surface area contributed by atoms with E-state index in [0.29, 0.717) is 29.6 Å². The summed E-state index contributed by atoms with van der Waals surface area (Å²) in [7, 11) is 1.48. The van der Waals surface area contributed by atoms with Crippen molar-refractivity contribution in [3.05, 3.63) is 62.1 Å². The number of halogens is 1. The molecule has 5 nitrogen and oxygen atoms in total. The lowest BCUT2D eigenvalue weighted by Gasteiger charge is -2.15. The summed E-state index contributed by atoms with van der Waals surface area (Å²) in [6.07, 6.45) is 1.71. The Labute approximate surface area is 175 Å². The van der Waals surface area contributed by atoms with Crippen molar-refractivity contribution in [2.24, 2.45) is 0 Å². The molecule has 1 saturated heterocycles. The molecule has 0 bridgehead atoms. The standard InChI is InChI=1S/C20H18INO4S/c1-3-25-16-10-14(11-17-19(23)22(2)20(24)27-17)9-15(21)18(16)26-12-13-7-5-4-6-8-13/h4-11H,3,12H2,1-2H3/b17-11-. The van der Waals surface area contributed by atoms with Gasteiger partial charge in [-0.3, -0.25) is 14.5 Å². The molecule has 140 valence electrons. The summed E-state index contributed by atoms with van der Waals surface area (Å²) in [6.45, 7) is 2.83. The predicted octanol–water partition coefficient (Wildman–Crippen LogP) is 4.94. The van der Waals surface area contributed by atoms with Crippen LogP contribution >= 0.6 is 34.4 Å². The number of rotatable bonds is 6. The molecule has 7 heteroatoms. The summed E-state index contributed by atoms with van der Waals surface area (Å²) in [4.78, 5) is 25.3. The molecule has 0 unspecified atom stereocenters. The van der Waals surface area contributed by atoms with Crippen LogP contribution in [0.4, 0.5) is 4.79 Å². The maximum atomic E-state index is 12.1. The van der Waals surface area contributed by atoms with Crippen molar-refractivity contribution in [1.82, 2.24) is 4.90 Å². The van der Waals surface area contributed by atoms with E-state index < -0.39 is 0 Å². The van der Waals surface area contributed by atoms with E-state index in [9.17, 15) is 9.59 Å². The quantitative estimate of drug-likeness (QED) is 0.420. The van der Waals surface area contributed by atoms with Gasteiger partial charge in [0, 0.05) is 7.05 Å². The molecule has 0 atom stereocenters. The zero-order valence-corrected chi connectivity index (χ0v) is 17.9. The third-order valence-corrected chi connectivity index (χ3v) is 5.60. The number of likely N-dealkylation sites (N-methyl/N-ethyl adjacent to an activating group) is 1. The van der Waals surface area contributed by atoms with E-state index in [1.807, 2.05) is 49.4 Å². The Hall–Kier alpha value is -2.00. The second-order valence-corrected chi connectivity index (χ2v) is 7.93. The SMILES string of the molecule is CCOc1cc(/C=C2\SC(=O)N(C)C2=O)cc(I)c1OCc1ccccc1. The van der Waals surface area contributed by atoms with Crippen LogP contribution in [0.25, 0.3) is 6.08 Å². The zero-order chi connectivity index (χ0) is 19.4. The number of hydrogen-bond donors (Lipinski definition) is 0. The number of nitrogens with zero attached hydrogens (tertiary/aromatic N) is 1. The Balaban J connectivity index is 1.88. The Kier molecular flexibility index (Phi) is 6.43. The summed E-state index contributed by atoms with van der Waals surface area (Å²) in [6, 6.07) is 13.6. The Bertz CT molecular complexity index is 898. The Morgan fingerprint density at radius 1 is 1.15 bits per heavy atom. The molecule has 0 radical (unpaired) electrons. The molecule has 2 amide bonds. The van der Waals surface area contributed by atoms with Crippen LogP contribution in [0, 0.1) is 3.57 Å². The fourth-order valence-electron chi connectivity index (χ4n) is 2.50. The molecule has 1 heterocycles. The van der Waals surface area contributed by atoms with Crippen LogP contribution in [0.5, 0.6) is 11.5 Å². The van der Waals surface area contributed by atoms with Crippen molar-refractivity contribution in [1.29, 1.82) is 0 Å². The van der Waals surface area contributed by atoms with E-state index in [2.05, 4.69) is 22.6 Å². The zero-order valence-electron chi connectivity index (χ0n) is 14.9. The van der Waals surface area contributed by atoms with Gasteiger partial charge < -0.3 is 9.47 Å². The van der Waals surface area contributed by atoms with E-state index in [0.717, 1.165) is 31.4 Å². The molecule has 0 aliphatic carbocycles. The first kappa shape index (κ1) is 19.8. The van der Waals surface area contributed by atoms with Gasteiger partial charge in [-0.25, -0.2) is 0 Å². The van der Waals surface area contributed by atoms with Gasteiger partial charge in [0.15, 0.2) is 11.5 Å². The normalized spacial score (nSPS) is 15.5. The molecule has 1 aliphatic heterocycles. The number of hydrogen-bond acceptors (Lipinski definition) is 5.